The normalized spacial score (nSPS) is 25.7. The molecule has 1 rings (SSSR count). The summed E-state index contributed by atoms with van der Waals surface area (Å²) in [4.78, 5) is 2.21. The first kappa shape index (κ1) is 9.71. The summed E-state index contributed by atoms with van der Waals surface area (Å²) in [7, 11) is 0. The van der Waals surface area contributed by atoms with Crippen molar-refractivity contribution in [2.75, 3.05) is 26.2 Å². The van der Waals surface area contributed by atoms with Crippen molar-refractivity contribution in [1.82, 2.24) is 4.90 Å². The number of β-amino-alcohol motifs (C(OH)–C–C–N with tert-alkyl or cyclic N) is 1. The molecule has 0 aliphatic carbocycles. The molecule has 0 aromatic rings. The lowest BCUT2D eigenvalue weighted by molar-refractivity contribution is 0.0757. The Bertz CT molecular complexity index is 159. The molecule has 3 heteroatoms. The Hall–Kier alpha value is -0.380. The molecular formula is C9H18N2O. The molecule has 3 N–H and O–H groups in total. The van der Waals surface area contributed by atoms with Crippen LogP contribution in [-0.2, 0) is 0 Å². The first-order valence-corrected chi connectivity index (χ1v) is 4.49. The van der Waals surface area contributed by atoms with E-state index >= 15 is 0 Å². The van der Waals surface area contributed by atoms with Gasteiger partial charge >= 0.3 is 0 Å². The molecule has 0 spiro atoms. The van der Waals surface area contributed by atoms with E-state index in [1.807, 2.05) is 0 Å². The SMILES string of the molecule is C=C(CN)CN1CCCC(O)C1. The number of nitrogens with zero attached hydrogens (tertiary/aromatic N) is 1. The minimum Gasteiger partial charge on any atom is -0.392 e. The van der Waals surface area contributed by atoms with Crippen LogP contribution in [0.5, 0.6) is 0 Å². The van der Waals surface area contributed by atoms with Gasteiger partial charge in [0, 0.05) is 19.6 Å². The Morgan fingerprint density at radius 1 is 1.67 bits per heavy atom. The molecule has 0 aromatic heterocycles. The highest BCUT2D eigenvalue weighted by Crippen LogP contribution is 2.10. The Labute approximate surface area is 73.9 Å². The molecule has 0 aromatic carbocycles. The van der Waals surface area contributed by atoms with Gasteiger partial charge in [0.2, 0.25) is 0 Å². The molecule has 0 amide bonds. The fourth-order valence-corrected chi connectivity index (χ4v) is 1.56. The maximum atomic E-state index is 9.36. The van der Waals surface area contributed by atoms with Gasteiger partial charge in [-0.1, -0.05) is 6.58 Å². The molecule has 1 fully saturated rings. The number of rotatable bonds is 3. The van der Waals surface area contributed by atoms with E-state index in [4.69, 9.17) is 5.73 Å². The molecule has 12 heavy (non-hydrogen) atoms. The summed E-state index contributed by atoms with van der Waals surface area (Å²) in [6.07, 6.45) is 1.87. The summed E-state index contributed by atoms with van der Waals surface area (Å²) in [5, 5.41) is 9.36. The van der Waals surface area contributed by atoms with Crippen molar-refractivity contribution in [3.05, 3.63) is 12.2 Å². The third-order valence-corrected chi connectivity index (χ3v) is 2.22. The molecule has 0 saturated carbocycles. The smallest absolute Gasteiger partial charge is 0.0667 e. The first-order chi connectivity index (χ1) is 5.72. The van der Waals surface area contributed by atoms with Gasteiger partial charge in [0.25, 0.3) is 0 Å². The minimum atomic E-state index is -0.149. The molecule has 0 radical (unpaired) electrons. The van der Waals surface area contributed by atoms with Crippen LogP contribution in [0.4, 0.5) is 0 Å². The Kier molecular flexibility index (Phi) is 3.72. The van der Waals surface area contributed by atoms with Gasteiger partial charge in [-0.2, -0.15) is 0 Å². The van der Waals surface area contributed by atoms with Crippen molar-refractivity contribution in [3.8, 4) is 0 Å². The summed E-state index contributed by atoms with van der Waals surface area (Å²) < 4.78 is 0. The van der Waals surface area contributed by atoms with Crippen LogP contribution in [0, 0.1) is 0 Å². The van der Waals surface area contributed by atoms with Gasteiger partial charge in [-0.05, 0) is 25.0 Å². The zero-order valence-corrected chi connectivity index (χ0v) is 7.50. The van der Waals surface area contributed by atoms with Crippen LogP contribution in [0.1, 0.15) is 12.8 Å². The molecule has 1 unspecified atom stereocenters. The van der Waals surface area contributed by atoms with Crippen LogP contribution in [-0.4, -0.2) is 42.3 Å². The van der Waals surface area contributed by atoms with E-state index in [-0.39, 0.29) is 6.10 Å². The highest BCUT2D eigenvalue weighted by Gasteiger charge is 2.17. The number of hydrogen-bond acceptors (Lipinski definition) is 3. The quantitative estimate of drug-likeness (QED) is 0.584. The van der Waals surface area contributed by atoms with E-state index in [1.165, 1.54) is 0 Å². The van der Waals surface area contributed by atoms with Gasteiger partial charge in [0.05, 0.1) is 6.10 Å². The highest BCUT2D eigenvalue weighted by molar-refractivity contribution is 4.99. The third-order valence-electron chi connectivity index (χ3n) is 2.22. The molecular weight excluding hydrogens is 152 g/mol. The Balaban J connectivity index is 2.27. The standard InChI is InChI=1S/C9H18N2O/c1-8(5-10)6-11-4-2-3-9(12)7-11/h9,12H,1-7,10H2. The highest BCUT2D eigenvalue weighted by atomic mass is 16.3. The molecule has 1 heterocycles. The largest absolute Gasteiger partial charge is 0.392 e. The van der Waals surface area contributed by atoms with Crippen molar-refractivity contribution < 1.29 is 5.11 Å². The van der Waals surface area contributed by atoms with Crippen LogP contribution in [0.2, 0.25) is 0 Å². The second-order valence-electron chi connectivity index (χ2n) is 3.49. The molecule has 1 saturated heterocycles. The van der Waals surface area contributed by atoms with E-state index in [2.05, 4.69) is 11.5 Å². The Morgan fingerprint density at radius 2 is 2.42 bits per heavy atom. The maximum Gasteiger partial charge on any atom is 0.0667 e. The monoisotopic (exact) mass is 170 g/mol. The molecule has 3 nitrogen and oxygen atoms in total. The molecule has 0 bridgehead atoms. The van der Waals surface area contributed by atoms with Gasteiger partial charge in [0.15, 0.2) is 0 Å². The van der Waals surface area contributed by atoms with Gasteiger partial charge in [-0.25, -0.2) is 0 Å². The van der Waals surface area contributed by atoms with Crippen molar-refractivity contribution in [2.45, 2.75) is 18.9 Å². The topological polar surface area (TPSA) is 49.5 Å². The van der Waals surface area contributed by atoms with Crippen molar-refractivity contribution in [3.63, 3.8) is 0 Å². The fourth-order valence-electron chi connectivity index (χ4n) is 1.56. The predicted molar refractivity (Wildman–Crippen MR) is 49.9 cm³/mol. The van der Waals surface area contributed by atoms with Crippen LogP contribution in [0.15, 0.2) is 12.2 Å². The van der Waals surface area contributed by atoms with Gasteiger partial charge < -0.3 is 10.8 Å². The van der Waals surface area contributed by atoms with Crippen molar-refractivity contribution in [2.24, 2.45) is 5.73 Å². The van der Waals surface area contributed by atoms with Gasteiger partial charge in [-0.15, -0.1) is 0 Å². The van der Waals surface area contributed by atoms with Crippen LogP contribution in [0.3, 0.4) is 0 Å². The summed E-state index contributed by atoms with van der Waals surface area (Å²) >= 11 is 0. The lowest BCUT2D eigenvalue weighted by atomic mass is 10.1. The van der Waals surface area contributed by atoms with Crippen LogP contribution in [0.25, 0.3) is 0 Å². The van der Waals surface area contributed by atoms with Crippen LogP contribution >= 0.6 is 0 Å². The summed E-state index contributed by atoms with van der Waals surface area (Å²) in [5.74, 6) is 0. The van der Waals surface area contributed by atoms with Crippen LogP contribution < -0.4 is 5.73 Å². The minimum absolute atomic E-state index is 0.149. The third kappa shape index (κ3) is 2.93. The van der Waals surface area contributed by atoms with E-state index in [1.54, 1.807) is 0 Å². The summed E-state index contributed by atoms with van der Waals surface area (Å²) in [5.41, 5.74) is 6.48. The van der Waals surface area contributed by atoms with Gasteiger partial charge in [-0.3, -0.25) is 4.90 Å². The maximum absolute atomic E-state index is 9.36. The predicted octanol–water partition coefficient (Wildman–Crippen LogP) is -0.0420. The Morgan fingerprint density at radius 3 is 3.00 bits per heavy atom. The number of hydrogen-bond donors (Lipinski definition) is 2. The molecule has 1 atom stereocenters. The van der Waals surface area contributed by atoms with Crippen molar-refractivity contribution in [1.29, 1.82) is 0 Å². The van der Waals surface area contributed by atoms with Crippen molar-refractivity contribution >= 4 is 0 Å². The van der Waals surface area contributed by atoms with E-state index in [0.29, 0.717) is 6.54 Å². The summed E-state index contributed by atoms with van der Waals surface area (Å²) in [6.45, 7) is 7.08. The fraction of sp³-hybridized carbons (Fsp3) is 0.778. The lowest BCUT2D eigenvalue weighted by Crippen LogP contribution is -2.39. The van der Waals surface area contributed by atoms with Gasteiger partial charge in [0.1, 0.15) is 0 Å². The second-order valence-corrected chi connectivity index (χ2v) is 3.49. The second kappa shape index (κ2) is 4.60. The average molecular weight is 170 g/mol. The number of aliphatic hydroxyl groups excluding tert-OH is 1. The number of likely N-dealkylation sites (tertiary alicyclic amines) is 1. The zero-order valence-electron chi connectivity index (χ0n) is 7.50. The van der Waals surface area contributed by atoms with E-state index in [9.17, 15) is 5.11 Å². The average Bonchev–Trinajstić information content (AvgIpc) is 2.04. The number of nitrogens with two attached hydrogens (primary N) is 1. The van der Waals surface area contributed by atoms with E-state index < -0.39 is 0 Å². The molecule has 70 valence electrons. The lowest BCUT2D eigenvalue weighted by Gasteiger charge is -2.30. The first-order valence-electron chi connectivity index (χ1n) is 4.49. The molecule has 1 aliphatic rings. The van der Waals surface area contributed by atoms with E-state index in [0.717, 1.165) is 38.0 Å². The zero-order chi connectivity index (χ0) is 8.97. The molecule has 1 aliphatic heterocycles. The number of aliphatic hydroxyl groups is 1. The number of piperidine rings is 1. The summed E-state index contributed by atoms with van der Waals surface area (Å²) in [6, 6.07) is 0.